The molecule has 0 bridgehead atoms. The van der Waals surface area contributed by atoms with Gasteiger partial charge in [0.05, 0.1) is 19.3 Å². The molecule has 2 aliphatic heterocycles. The number of methoxy groups -OCH3 is 1. The average molecular weight is 426 g/mol. The van der Waals surface area contributed by atoms with Crippen molar-refractivity contribution in [2.75, 3.05) is 26.8 Å². The molecule has 31 heavy (non-hydrogen) atoms. The molecule has 1 aromatic carbocycles. The third kappa shape index (κ3) is 3.89. The van der Waals surface area contributed by atoms with E-state index in [-0.39, 0.29) is 17.5 Å². The van der Waals surface area contributed by atoms with Gasteiger partial charge in [-0.15, -0.1) is 0 Å². The lowest BCUT2D eigenvalue weighted by atomic mass is 9.90. The van der Waals surface area contributed by atoms with Crippen LogP contribution in [0.5, 0.6) is 11.5 Å². The number of likely N-dealkylation sites (tertiary alicyclic amines) is 1. The number of hydrogen-bond acceptors (Lipinski definition) is 5. The number of amides is 1. The van der Waals surface area contributed by atoms with Crippen LogP contribution in [0, 0.1) is 0 Å². The summed E-state index contributed by atoms with van der Waals surface area (Å²) in [4.78, 5) is 37.4. The standard InChI is InChI=1S/C23H26N2O6/c1-3-15-9-14-10-21(31-8-7-24-6-4-5-22(24)27)20(30-2)11-16(14)18-12-19(26)17(23(28)29)13-25(15)18/h10-13,15H,3-9H2,1-2H3,(H,28,29)/t15-/m1/s1. The van der Waals surface area contributed by atoms with E-state index in [0.717, 1.165) is 30.5 Å². The number of nitrogens with zero attached hydrogens (tertiary/aromatic N) is 2. The number of aromatic carboxylic acids is 1. The summed E-state index contributed by atoms with van der Waals surface area (Å²) in [5.41, 5.74) is 1.78. The highest BCUT2D eigenvalue weighted by Crippen LogP contribution is 2.41. The number of carbonyl (C=O) groups excluding carboxylic acids is 1. The number of benzene rings is 1. The molecule has 1 N–H and O–H groups in total. The van der Waals surface area contributed by atoms with Crippen LogP contribution in [-0.4, -0.2) is 53.3 Å². The number of hydrogen-bond donors (Lipinski definition) is 1. The van der Waals surface area contributed by atoms with Crippen LogP contribution in [0.1, 0.15) is 48.1 Å². The Morgan fingerprint density at radius 3 is 2.68 bits per heavy atom. The average Bonchev–Trinajstić information content (AvgIpc) is 3.16. The van der Waals surface area contributed by atoms with Crippen molar-refractivity contribution in [3.63, 3.8) is 0 Å². The van der Waals surface area contributed by atoms with Gasteiger partial charge in [0.2, 0.25) is 5.91 Å². The summed E-state index contributed by atoms with van der Waals surface area (Å²) in [6.07, 6.45) is 4.41. The Morgan fingerprint density at radius 1 is 1.23 bits per heavy atom. The van der Waals surface area contributed by atoms with E-state index in [1.165, 1.54) is 12.3 Å². The molecule has 1 atom stereocenters. The molecule has 2 aliphatic rings. The van der Waals surface area contributed by atoms with Crippen LogP contribution in [0.25, 0.3) is 11.3 Å². The number of aromatic nitrogens is 1. The Bertz CT molecular complexity index is 1090. The van der Waals surface area contributed by atoms with E-state index in [4.69, 9.17) is 9.47 Å². The van der Waals surface area contributed by atoms with Crippen LogP contribution >= 0.6 is 0 Å². The molecule has 8 heteroatoms. The quantitative estimate of drug-likeness (QED) is 0.731. The SMILES string of the molecule is CC[C@@H]1Cc2cc(OCCN3CCCC3=O)c(OC)cc2-c2cc(=O)c(C(=O)O)cn21. The first-order valence-electron chi connectivity index (χ1n) is 10.5. The second-order valence-electron chi connectivity index (χ2n) is 7.91. The number of fused-ring (bicyclic) bond motifs is 3. The number of pyridine rings is 1. The fourth-order valence-corrected chi connectivity index (χ4v) is 4.41. The van der Waals surface area contributed by atoms with Crippen molar-refractivity contribution in [3.8, 4) is 22.8 Å². The summed E-state index contributed by atoms with van der Waals surface area (Å²) in [5.74, 6) is 0.0665. The van der Waals surface area contributed by atoms with Crippen molar-refractivity contribution in [2.24, 2.45) is 0 Å². The highest BCUT2D eigenvalue weighted by Gasteiger charge is 2.27. The van der Waals surface area contributed by atoms with Crippen LogP contribution < -0.4 is 14.9 Å². The van der Waals surface area contributed by atoms with Gasteiger partial charge in [-0.25, -0.2) is 4.79 Å². The van der Waals surface area contributed by atoms with Gasteiger partial charge in [-0.2, -0.15) is 0 Å². The molecule has 1 fully saturated rings. The molecule has 0 saturated carbocycles. The molecule has 1 saturated heterocycles. The lowest BCUT2D eigenvalue weighted by Crippen LogP contribution is -2.29. The maximum Gasteiger partial charge on any atom is 0.341 e. The van der Waals surface area contributed by atoms with Crippen LogP contribution in [0.4, 0.5) is 0 Å². The molecule has 0 aliphatic carbocycles. The largest absolute Gasteiger partial charge is 0.493 e. The molecular formula is C23H26N2O6. The highest BCUT2D eigenvalue weighted by atomic mass is 16.5. The maximum atomic E-state index is 12.4. The van der Waals surface area contributed by atoms with Gasteiger partial charge in [-0.1, -0.05) is 6.92 Å². The van der Waals surface area contributed by atoms with E-state index in [0.29, 0.717) is 43.2 Å². The number of ether oxygens (including phenoxy) is 2. The van der Waals surface area contributed by atoms with Crippen LogP contribution in [0.15, 0.2) is 29.2 Å². The Morgan fingerprint density at radius 2 is 2.03 bits per heavy atom. The Balaban J connectivity index is 1.67. The number of rotatable bonds is 7. The molecule has 3 heterocycles. The van der Waals surface area contributed by atoms with Crippen LogP contribution in [0.2, 0.25) is 0 Å². The summed E-state index contributed by atoms with van der Waals surface area (Å²) in [6, 6.07) is 5.19. The molecule has 0 spiro atoms. The van der Waals surface area contributed by atoms with Gasteiger partial charge in [0.1, 0.15) is 12.2 Å². The molecule has 2 aromatic rings. The third-order valence-electron chi connectivity index (χ3n) is 6.09. The Hall–Kier alpha value is -3.29. The predicted octanol–water partition coefficient (Wildman–Crippen LogP) is 2.73. The minimum Gasteiger partial charge on any atom is -0.493 e. The lowest BCUT2D eigenvalue weighted by molar-refractivity contribution is -0.128. The minimum absolute atomic E-state index is 0.0321. The lowest BCUT2D eigenvalue weighted by Gasteiger charge is -2.31. The third-order valence-corrected chi connectivity index (χ3v) is 6.09. The Labute approximate surface area is 180 Å². The van der Waals surface area contributed by atoms with Gasteiger partial charge in [0.25, 0.3) is 0 Å². The molecule has 164 valence electrons. The van der Waals surface area contributed by atoms with E-state index in [9.17, 15) is 19.5 Å². The van der Waals surface area contributed by atoms with Gasteiger partial charge in [-0.05, 0) is 37.0 Å². The smallest absolute Gasteiger partial charge is 0.341 e. The summed E-state index contributed by atoms with van der Waals surface area (Å²) in [5, 5.41) is 9.34. The van der Waals surface area contributed by atoms with E-state index in [2.05, 4.69) is 0 Å². The molecule has 1 aromatic heterocycles. The second kappa shape index (κ2) is 8.45. The van der Waals surface area contributed by atoms with Crippen LogP contribution in [0.3, 0.4) is 0 Å². The number of carboxylic acid groups (broad SMARTS) is 1. The molecule has 4 rings (SSSR count). The summed E-state index contributed by atoms with van der Waals surface area (Å²) in [7, 11) is 1.55. The van der Waals surface area contributed by atoms with Crippen molar-refractivity contribution in [1.82, 2.24) is 9.47 Å². The van der Waals surface area contributed by atoms with E-state index in [1.807, 2.05) is 23.6 Å². The first kappa shape index (κ1) is 21.0. The second-order valence-corrected chi connectivity index (χ2v) is 7.91. The van der Waals surface area contributed by atoms with Crippen molar-refractivity contribution in [2.45, 2.75) is 38.6 Å². The van der Waals surface area contributed by atoms with E-state index >= 15 is 0 Å². The fraction of sp³-hybridized carbons (Fsp3) is 0.435. The Kier molecular flexibility index (Phi) is 5.71. The summed E-state index contributed by atoms with van der Waals surface area (Å²) in [6.45, 7) is 3.71. The van der Waals surface area contributed by atoms with Gasteiger partial charge in [-0.3, -0.25) is 9.59 Å². The zero-order valence-corrected chi connectivity index (χ0v) is 17.7. The van der Waals surface area contributed by atoms with E-state index < -0.39 is 11.4 Å². The van der Waals surface area contributed by atoms with Gasteiger partial charge in [0, 0.05) is 36.8 Å². The van der Waals surface area contributed by atoms with Gasteiger partial charge >= 0.3 is 5.97 Å². The van der Waals surface area contributed by atoms with Crippen LogP contribution in [-0.2, 0) is 11.2 Å². The molecular weight excluding hydrogens is 400 g/mol. The molecule has 0 radical (unpaired) electrons. The number of carboxylic acids is 1. The normalized spacial score (nSPS) is 17.3. The molecule has 1 amide bonds. The first-order chi connectivity index (χ1) is 14.9. The molecule has 0 unspecified atom stereocenters. The summed E-state index contributed by atoms with van der Waals surface area (Å²) < 4.78 is 13.4. The fourth-order valence-electron chi connectivity index (χ4n) is 4.41. The first-order valence-corrected chi connectivity index (χ1v) is 10.5. The predicted molar refractivity (Wildman–Crippen MR) is 114 cm³/mol. The maximum absolute atomic E-state index is 12.4. The van der Waals surface area contributed by atoms with Gasteiger partial charge in [0.15, 0.2) is 16.9 Å². The minimum atomic E-state index is -1.22. The zero-order valence-electron chi connectivity index (χ0n) is 17.7. The van der Waals surface area contributed by atoms with Crippen molar-refractivity contribution < 1.29 is 24.2 Å². The summed E-state index contributed by atoms with van der Waals surface area (Å²) >= 11 is 0. The van der Waals surface area contributed by atoms with Crippen molar-refractivity contribution in [3.05, 3.63) is 45.7 Å². The van der Waals surface area contributed by atoms with Gasteiger partial charge < -0.3 is 24.0 Å². The highest BCUT2D eigenvalue weighted by molar-refractivity contribution is 5.88. The van der Waals surface area contributed by atoms with E-state index in [1.54, 1.807) is 12.0 Å². The monoisotopic (exact) mass is 426 g/mol. The molecule has 8 nitrogen and oxygen atoms in total. The topological polar surface area (TPSA) is 98.1 Å². The number of carbonyl (C=O) groups is 2. The van der Waals surface area contributed by atoms with Crippen molar-refractivity contribution in [1.29, 1.82) is 0 Å². The van der Waals surface area contributed by atoms with Crippen molar-refractivity contribution >= 4 is 11.9 Å². The zero-order chi connectivity index (χ0) is 22.1.